The monoisotopic (exact) mass is 350 g/mol. The first-order valence-corrected chi connectivity index (χ1v) is 8.44. The van der Waals surface area contributed by atoms with E-state index in [2.05, 4.69) is 24.3 Å². The third-order valence-electron chi connectivity index (χ3n) is 3.69. The molecule has 0 aliphatic carbocycles. The zero-order valence-electron chi connectivity index (χ0n) is 13.0. The van der Waals surface area contributed by atoms with Crippen molar-refractivity contribution in [3.05, 3.63) is 105 Å². The van der Waals surface area contributed by atoms with Gasteiger partial charge < -0.3 is 0 Å². The van der Waals surface area contributed by atoms with Gasteiger partial charge in [-0.25, -0.2) is 0 Å². The first-order chi connectivity index (χ1) is 11.7. The molecule has 0 heterocycles. The van der Waals surface area contributed by atoms with Gasteiger partial charge in [0.25, 0.3) is 0 Å². The minimum Gasteiger partial charge on any atom is -0.0837 e. The molecule has 3 aromatic carbocycles. The fraction of sp³-hybridized carbons (Fsp3) is 0. The van der Waals surface area contributed by atoms with Crippen LogP contribution in [-0.4, -0.2) is 0 Å². The topological polar surface area (TPSA) is 0 Å². The molecular weight excluding hydrogens is 335 g/mol. The van der Waals surface area contributed by atoms with Crippen LogP contribution in [0.15, 0.2) is 72.8 Å². The summed E-state index contributed by atoms with van der Waals surface area (Å²) in [5, 5.41) is 1.50. The van der Waals surface area contributed by atoms with Gasteiger partial charge >= 0.3 is 0 Å². The fourth-order valence-electron chi connectivity index (χ4n) is 2.39. The molecule has 0 nitrogen and oxygen atoms in total. The third-order valence-corrected chi connectivity index (χ3v) is 4.38. The average Bonchev–Trinajstić information content (AvgIpc) is 2.61. The molecule has 0 unspecified atom stereocenters. The lowest BCUT2D eigenvalue weighted by Crippen LogP contribution is -1.81. The Morgan fingerprint density at radius 2 is 0.708 bits per heavy atom. The van der Waals surface area contributed by atoms with Gasteiger partial charge in [-0.1, -0.05) is 108 Å². The quantitative estimate of drug-likeness (QED) is 0.432. The summed E-state index contributed by atoms with van der Waals surface area (Å²) in [5.41, 5.74) is 4.26. The predicted molar refractivity (Wildman–Crippen MR) is 107 cm³/mol. The molecule has 2 heteroatoms. The largest absolute Gasteiger partial charge is 0.0837 e. The highest BCUT2D eigenvalue weighted by Gasteiger charge is 1.98. The van der Waals surface area contributed by atoms with Gasteiger partial charge in [0, 0.05) is 10.0 Å². The van der Waals surface area contributed by atoms with Gasteiger partial charge in [0.2, 0.25) is 0 Å². The van der Waals surface area contributed by atoms with Gasteiger partial charge in [0.05, 0.1) is 0 Å². The van der Waals surface area contributed by atoms with Crippen molar-refractivity contribution in [2.45, 2.75) is 0 Å². The van der Waals surface area contributed by atoms with Crippen LogP contribution in [0.5, 0.6) is 0 Å². The second-order valence-corrected chi connectivity index (χ2v) is 6.15. The second kappa shape index (κ2) is 8.01. The Hall–Kier alpha value is -2.28. The van der Waals surface area contributed by atoms with E-state index in [0.29, 0.717) is 0 Å². The smallest absolute Gasteiger partial charge is 0.0478 e. The highest BCUT2D eigenvalue weighted by molar-refractivity contribution is 6.32. The zero-order chi connectivity index (χ0) is 16.8. The minimum absolute atomic E-state index is 0.748. The van der Waals surface area contributed by atoms with Crippen molar-refractivity contribution >= 4 is 47.5 Å². The maximum atomic E-state index is 6.21. The highest BCUT2D eigenvalue weighted by Crippen LogP contribution is 2.22. The Labute approximate surface area is 152 Å². The molecule has 118 valence electrons. The summed E-state index contributed by atoms with van der Waals surface area (Å²) < 4.78 is 0. The SMILES string of the molecule is Clc1ccccc1/C=C/c1ccccc1/C=C/c1ccccc1Cl. The molecule has 0 spiro atoms. The Bertz CT molecular complexity index is 817. The molecule has 0 bridgehead atoms. The van der Waals surface area contributed by atoms with Crippen LogP contribution in [-0.2, 0) is 0 Å². The maximum absolute atomic E-state index is 6.21. The molecule has 3 aromatic rings. The first kappa shape index (κ1) is 16.6. The maximum Gasteiger partial charge on any atom is 0.0478 e. The van der Waals surface area contributed by atoms with E-state index in [-0.39, 0.29) is 0 Å². The molecule has 0 saturated carbocycles. The lowest BCUT2D eigenvalue weighted by atomic mass is 10.0. The van der Waals surface area contributed by atoms with Gasteiger partial charge in [-0.05, 0) is 34.4 Å². The van der Waals surface area contributed by atoms with E-state index in [1.54, 1.807) is 0 Å². The average molecular weight is 351 g/mol. The summed E-state index contributed by atoms with van der Waals surface area (Å²) in [6, 6.07) is 23.8. The fourth-order valence-corrected chi connectivity index (χ4v) is 2.79. The van der Waals surface area contributed by atoms with E-state index in [4.69, 9.17) is 23.2 Å². The highest BCUT2D eigenvalue weighted by atomic mass is 35.5. The predicted octanol–water partition coefficient (Wildman–Crippen LogP) is 7.33. The van der Waals surface area contributed by atoms with Crippen LogP contribution < -0.4 is 0 Å². The van der Waals surface area contributed by atoms with Crippen LogP contribution in [0.25, 0.3) is 24.3 Å². The van der Waals surface area contributed by atoms with E-state index in [0.717, 1.165) is 32.3 Å². The van der Waals surface area contributed by atoms with Gasteiger partial charge in [-0.3, -0.25) is 0 Å². The number of hydrogen-bond acceptors (Lipinski definition) is 0. The lowest BCUT2D eigenvalue weighted by molar-refractivity contribution is 1.60. The molecule has 0 aromatic heterocycles. The van der Waals surface area contributed by atoms with Crippen molar-refractivity contribution in [2.75, 3.05) is 0 Å². The lowest BCUT2D eigenvalue weighted by Gasteiger charge is -2.02. The molecule has 0 saturated heterocycles. The van der Waals surface area contributed by atoms with Crippen LogP contribution in [0.2, 0.25) is 10.0 Å². The van der Waals surface area contributed by atoms with Gasteiger partial charge in [-0.15, -0.1) is 0 Å². The second-order valence-electron chi connectivity index (χ2n) is 5.34. The summed E-state index contributed by atoms with van der Waals surface area (Å²) in [5.74, 6) is 0. The van der Waals surface area contributed by atoms with Crippen LogP contribution in [0.4, 0.5) is 0 Å². The molecule has 0 radical (unpaired) electrons. The van der Waals surface area contributed by atoms with Crippen molar-refractivity contribution in [1.82, 2.24) is 0 Å². The molecule has 24 heavy (non-hydrogen) atoms. The molecule has 0 aliphatic rings. The normalized spacial score (nSPS) is 11.4. The minimum atomic E-state index is 0.748. The van der Waals surface area contributed by atoms with E-state index in [9.17, 15) is 0 Å². The van der Waals surface area contributed by atoms with Crippen molar-refractivity contribution < 1.29 is 0 Å². The third kappa shape index (κ3) is 4.17. The molecule has 0 atom stereocenters. The van der Waals surface area contributed by atoms with Crippen LogP contribution in [0, 0.1) is 0 Å². The van der Waals surface area contributed by atoms with E-state index < -0.39 is 0 Å². The van der Waals surface area contributed by atoms with Crippen molar-refractivity contribution in [1.29, 1.82) is 0 Å². The first-order valence-electron chi connectivity index (χ1n) is 7.68. The molecular formula is C22H16Cl2. The summed E-state index contributed by atoms with van der Waals surface area (Å²) in [7, 11) is 0. The zero-order valence-corrected chi connectivity index (χ0v) is 14.5. The van der Waals surface area contributed by atoms with E-state index >= 15 is 0 Å². The summed E-state index contributed by atoms with van der Waals surface area (Å²) in [6.07, 6.45) is 8.22. The summed E-state index contributed by atoms with van der Waals surface area (Å²) >= 11 is 12.4. The van der Waals surface area contributed by atoms with Crippen molar-refractivity contribution in [3.63, 3.8) is 0 Å². The number of benzene rings is 3. The Morgan fingerprint density at radius 3 is 1.08 bits per heavy atom. The Morgan fingerprint density at radius 1 is 0.417 bits per heavy atom. The molecule has 0 aliphatic heterocycles. The van der Waals surface area contributed by atoms with E-state index in [1.165, 1.54) is 0 Å². The number of halogens is 2. The van der Waals surface area contributed by atoms with Crippen molar-refractivity contribution in [3.8, 4) is 0 Å². The van der Waals surface area contributed by atoms with Gasteiger partial charge in [0.1, 0.15) is 0 Å². The van der Waals surface area contributed by atoms with E-state index in [1.807, 2.05) is 72.8 Å². The standard InChI is InChI=1S/C22H16Cl2/c23-21-11-5-3-9-19(21)15-13-17-7-1-2-8-18(17)14-16-20-10-4-6-12-22(20)24/h1-16H/b15-13+,16-14+. The van der Waals surface area contributed by atoms with Crippen LogP contribution in [0.1, 0.15) is 22.3 Å². The van der Waals surface area contributed by atoms with Gasteiger partial charge in [0.15, 0.2) is 0 Å². The molecule has 0 N–H and O–H groups in total. The molecule has 0 amide bonds. The summed E-state index contributed by atoms with van der Waals surface area (Å²) in [4.78, 5) is 0. The van der Waals surface area contributed by atoms with Crippen molar-refractivity contribution in [2.24, 2.45) is 0 Å². The molecule has 0 fully saturated rings. The Balaban J connectivity index is 1.89. The van der Waals surface area contributed by atoms with Crippen LogP contribution >= 0.6 is 23.2 Å². The number of rotatable bonds is 4. The number of hydrogen-bond donors (Lipinski definition) is 0. The molecule has 3 rings (SSSR count). The Kier molecular flexibility index (Phi) is 5.53. The van der Waals surface area contributed by atoms with Gasteiger partial charge in [-0.2, -0.15) is 0 Å². The van der Waals surface area contributed by atoms with Crippen LogP contribution in [0.3, 0.4) is 0 Å². The summed E-state index contributed by atoms with van der Waals surface area (Å²) in [6.45, 7) is 0.